The summed E-state index contributed by atoms with van der Waals surface area (Å²) < 4.78 is 9.35. The van der Waals surface area contributed by atoms with E-state index in [2.05, 4.69) is 5.32 Å². The minimum absolute atomic E-state index is 0.0973. The lowest BCUT2D eigenvalue weighted by molar-refractivity contribution is -0.131. The number of carbonyl (C=O) groups is 4. The van der Waals surface area contributed by atoms with Gasteiger partial charge in [0, 0.05) is 65.5 Å². The normalized spacial score (nSPS) is 14.5. The van der Waals surface area contributed by atoms with Crippen molar-refractivity contribution in [2.45, 2.75) is 52.3 Å². The molecule has 3 heterocycles. The van der Waals surface area contributed by atoms with Gasteiger partial charge in [-0.1, -0.05) is 36.4 Å². The number of nitrogens with zero attached hydrogens (tertiary/aromatic N) is 3. The van der Waals surface area contributed by atoms with E-state index >= 15 is 0 Å². The summed E-state index contributed by atoms with van der Waals surface area (Å²) in [6.45, 7) is 7.26. The second-order valence-corrected chi connectivity index (χ2v) is 11.6. The molecule has 4 aromatic rings. The first kappa shape index (κ1) is 28.8. The smallest absolute Gasteiger partial charge is 0.417 e. The van der Waals surface area contributed by atoms with Crippen molar-refractivity contribution in [2.75, 3.05) is 6.54 Å². The van der Waals surface area contributed by atoms with Crippen LogP contribution in [-0.2, 0) is 32.7 Å². The Hall–Kier alpha value is -4.70. The van der Waals surface area contributed by atoms with Crippen molar-refractivity contribution in [2.24, 2.45) is 12.8 Å². The molecule has 2 aromatic carbocycles. The maximum Gasteiger partial charge on any atom is 0.417 e. The second kappa shape index (κ2) is 10.9. The van der Waals surface area contributed by atoms with Gasteiger partial charge in [-0.2, -0.15) is 0 Å². The summed E-state index contributed by atoms with van der Waals surface area (Å²) in [6.07, 6.45) is 3.40. The Kier molecular flexibility index (Phi) is 7.51. The van der Waals surface area contributed by atoms with Crippen LogP contribution in [-0.4, -0.2) is 56.0 Å². The Labute approximate surface area is 243 Å². The number of amides is 4. The van der Waals surface area contributed by atoms with Crippen LogP contribution in [0.2, 0.25) is 0 Å². The molecule has 10 nitrogen and oxygen atoms in total. The number of aromatic nitrogens is 2. The topological polar surface area (TPSA) is 129 Å². The molecule has 0 fully saturated rings. The van der Waals surface area contributed by atoms with Gasteiger partial charge < -0.3 is 19.6 Å². The number of hydrogen-bond acceptors (Lipinski definition) is 6. The fourth-order valence-corrected chi connectivity index (χ4v) is 5.39. The van der Waals surface area contributed by atoms with Gasteiger partial charge >= 0.3 is 6.09 Å². The minimum atomic E-state index is -0.866. The van der Waals surface area contributed by atoms with E-state index in [0.29, 0.717) is 35.2 Å². The predicted molar refractivity (Wildman–Crippen MR) is 161 cm³/mol. The van der Waals surface area contributed by atoms with Gasteiger partial charge in [0.15, 0.2) is 0 Å². The number of benzene rings is 2. The highest BCUT2D eigenvalue weighted by Gasteiger charge is 2.35. The zero-order chi connectivity index (χ0) is 30.3. The number of carbonyl (C=O) groups excluding carboxylic acids is 4. The van der Waals surface area contributed by atoms with Gasteiger partial charge in [0.2, 0.25) is 5.91 Å². The molecular weight excluding hydrogens is 534 g/mol. The summed E-state index contributed by atoms with van der Waals surface area (Å²) in [4.78, 5) is 53.1. The van der Waals surface area contributed by atoms with Crippen LogP contribution in [0.4, 0.5) is 4.79 Å². The van der Waals surface area contributed by atoms with Crippen LogP contribution in [0, 0.1) is 0 Å². The number of hydrogen-bond donors (Lipinski definition) is 2. The summed E-state index contributed by atoms with van der Waals surface area (Å²) in [5.74, 6) is -1.41. The number of ether oxygens (including phenoxy) is 1. The number of nitrogens with one attached hydrogen (secondary N) is 1. The quantitative estimate of drug-likeness (QED) is 0.321. The van der Waals surface area contributed by atoms with Crippen molar-refractivity contribution in [3.63, 3.8) is 0 Å². The molecule has 4 amide bonds. The van der Waals surface area contributed by atoms with Gasteiger partial charge in [-0.3, -0.25) is 19.7 Å². The van der Waals surface area contributed by atoms with E-state index in [0.717, 1.165) is 26.7 Å². The molecule has 10 heteroatoms. The van der Waals surface area contributed by atoms with Gasteiger partial charge in [0.1, 0.15) is 5.60 Å². The molecule has 0 unspecified atom stereocenters. The van der Waals surface area contributed by atoms with E-state index in [1.807, 2.05) is 77.1 Å². The molecule has 218 valence electrons. The molecule has 0 spiro atoms. The Morgan fingerprint density at radius 3 is 2.07 bits per heavy atom. The third-order valence-electron chi connectivity index (χ3n) is 7.21. The average molecular weight is 570 g/mol. The maximum atomic E-state index is 13.3. The largest absolute Gasteiger partial charge is 0.443 e. The summed E-state index contributed by atoms with van der Waals surface area (Å²) in [7, 11) is 1.91. The minimum Gasteiger partial charge on any atom is -0.443 e. The van der Waals surface area contributed by atoms with Gasteiger partial charge in [0.25, 0.3) is 11.8 Å². The van der Waals surface area contributed by atoms with Crippen molar-refractivity contribution in [1.29, 1.82) is 0 Å². The lowest BCUT2D eigenvalue weighted by Crippen LogP contribution is -2.47. The van der Waals surface area contributed by atoms with Crippen molar-refractivity contribution >= 4 is 56.8 Å². The van der Waals surface area contributed by atoms with Gasteiger partial charge in [-0.25, -0.2) is 9.69 Å². The first-order valence-electron chi connectivity index (χ1n) is 13.9. The molecule has 1 atom stereocenters. The highest BCUT2D eigenvalue weighted by atomic mass is 16.6. The second-order valence-electron chi connectivity index (χ2n) is 11.6. The number of rotatable bonds is 7. The van der Waals surface area contributed by atoms with Crippen LogP contribution in [0.1, 0.15) is 45.2 Å². The number of aryl methyl sites for hydroxylation is 2. The Bertz CT molecular complexity index is 1770. The van der Waals surface area contributed by atoms with Crippen LogP contribution in [0.3, 0.4) is 0 Å². The fraction of sp³-hybridized carbons (Fsp3) is 0.312. The lowest BCUT2D eigenvalue weighted by Gasteiger charge is -2.27. The van der Waals surface area contributed by atoms with Crippen molar-refractivity contribution in [1.82, 2.24) is 19.4 Å². The summed E-state index contributed by atoms with van der Waals surface area (Å²) in [5.41, 5.74) is 8.81. The van der Waals surface area contributed by atoms with Crippen LogP contribution in [0.15, 0.2) is 60.9 Å². The average Bonchev–Trinajstić information content (AvgIpc) is 3.55. The molecule has 0 radical (unpaired) electrons. The van der Waals surface area contributed by atoms with E-state index < -0.39 is 35.5 Å². The van der Waals surface area contributed by atoms with E-state index in [1.165, 1.54) is 6.92 Å². The molecule has 5 rings (SSSR count). The van der Waals surface area contributed by atoms with E-state index in [9.17, 15) is 19.2 Å². The highest BCUT2D eigenvalue weighted by Crippen LogP contribution is 2.38. The van der Waals surface area contributed by atoms with Gasteiger partial charge in [-0.15, -0.1) is 0 Å². The molecule has 3 N–H and O–H groups in total. The SMILES string of the molecule is C[C@@H](N)C(=O)N(CCCn1cc(C2=C(c3cn(C)c4ccccc34)C(=O)NC2=O)c2ccccc21)C(=O)OC(C)(C)C. The van der Waals surface area contributed by atoms with Crippen molar-refractivity contribution < 1.29 is 23.9 Å². The van der Waals surface area contributed by atoms with E-state index in [1.54, 1.807) is 20.8 Å². The van der Waals surface area contributed by atoms with Crippen LogP contribution in [0.5, 0.6) is 0 Å². The third-order valence-corrected chi connectivity index (χ3v) is 7.21. The monoisotopic (exact) mass is 569 g/mol. The summed E-state index contributed by atoms with van der Waals surface area (Å²) in [5, 5.41) is 4.18. The molecule has 0 aliphatic carbocycles. The predicted octanol–water partition coefficient (Wildman–Crippen LogP) is 4.20. The number of fused-ring (bicyclic) bond motifs is 2. The van der Waals surface area contributed by atoms with Gasteiger partial charge in [-0.05, 0) is 46.2 Å². The first-order valence-corrected chi connectivity index (χ1v) is 13.9. The van der Waals surface area contributed by atoms with Crippen LogP contribution < -0.4 is 11.1 Å². The molecule has 0 bridgehead atoms. The highest BCUT2D eigenvalue weighted by molar-refractivity contribution is 6.50. The molecule has 0 saturated carbocycles. The molecular formula is C32H35N5O5. The lowest BCUT2D eigenvalue weighted by atomic mass is 9.95. The first-order chi connectivity index (χ1) is 19.9. The summed E-state index contributed by atoms with van der Waals surface area (Å²) >= 11 is 0. The molecule has 1 aliphatic rings. The molecule has 0 saturated heterocycles. The Morgan fingerprint density at radius 1 is 0.929 bits per heavy atom. The molecule has 42 heavy (non-hydrogen) atoms. The number of imide groups is 2. The summed E-state index contributed by atoms with van der Waals surface area (Å²) in [6, 6.07) is 14.5. The van der Waals surface area contributed by atoms with Crippen LogP contribution in [0.25, 0.3) is 33.0 Å². The van der Waals surface area contributed by atoms with Crippen LogP contribution >= 0.6 is 0 Å². The van der Waals surface area contributed by atoms with E-state index in [4.69, 9.17) is 10.5 Å². The Morgan fingerprint density at radius 2 is 1.48 bits per heavy atom. The standard InChI is InChI=1S/C32H35N5O5/c1-19(33)30(40)37(31(41)42-32(2,3)4)16-10-15-36-18-23(21-12-7-9-14-25(21)36)27-26(28(38)34-29(27)39)22-17-35(5)24-13-8-6-11-20(22)24/h6-9,11-14,17-19H,10,15-16,33H2,1-5H3,(H,34,38,39)/t19-/m1/s1. The molecule has 1 aliphatic heterocycles. The number of para-hydroxylation sites is 2. The van der Waals surface area contributed by atoms with E-state index in [-0.39, 0.29) is 6.54 Å². The van der Waals surface area contributed by atoms with Crippen molar-refractivity contribution in [3.8, 4) is 0 Å². The zero-order valence-corrected chi connectivity index (χ0v) is 24.4. The maximum absolute atomic E-state index is 13.3. The Balaban J connectivity index is 1.52. The van der Waals surface area contributed by atoms with Gasteiger partial charge in [0.05, 0.1) is 17.2 Å². The fourth-order valence-electron chi connectivity index (χ4n) is 5.39. The zero-order valence-electron chi connectivity index (χ0n) is 24.4. The van der Waals surface area contributed by atoms with Crippen molar-refractivity contribution in [3.05, 3.63) is 72.1 Å². The number of nitrogens with two attached hydrogens (primary N) is 1. The third kappa shape index (κ3) is 5.33. The molecule has 2 aromatic heterocycles.